The Kier molecular flexibility index (Phi) is 23.5. The molecule has 0 spiro atoms. The number of nitrogens with zero attached hydrogens (tertiary/aromatic N) is 1. The van der Waals surface area contributed by atoms with E-state index in [9.17, 15) is 0 Å². The Labute approximate surface area is 360 Å². The first-order chi connectivity index (χ1) is 28.8. The molecule has 0 saturated carbocycles. The van der Waals surface area contributed by atoms with Gasteiger partial charge in [-0.3, -0.25) is 11.7 Å². The molecule has 7 rings (SSSR count). The SMILES string of the molecule is C=C1/C=C\C=C/N(c2cccc(C)c2)/C=C\C(c2cccc3c2S/C(c2ccccc2)=C\C=C/C3=C)=C/C1=C.CC.CC.Cc1ccccc1.NC1=CC=CCC1.NN. The van der Waals surface area contributed by atoms with Crippen molar-refractivity contribution in [3.05, 3.63) is 247 Å². The van der Waals surface area contributed by atoms with Crippen LogP contribution in [0.5, 0.6) is 0 Å². The van der Waals surface area contributed by atoms with Gasteiger partial charge in [-0.05, 0) is 114 Å². The number of rotatable bonds is 3. The van der Waals surface area contributed by atoms with Crippen molar-refractivity contribution in [2.24, 2.45) is 17.4 Å². The average molecular weight is 801 g/mol. The lowest BCUT2D eigenvalue weighted by Crippen LogP contribution is -2.07. The largest absolute Gasteiger partial charge is 0.402 e. The van der Waals surface area contributed by atoms with E-state index in [4.69, 9.17) is 5.73 Å². The molecule has 0 bridgehead atoms. The van der Waals surface area contributed by atoms with E-state index in [1.807, 2.05) is 82.3 Å². The van der Waals surface area contributed by atoms with Gasteiger partial charge in [-0.1, -0.05) is 192 Å². The van der Waals surface area contributed by atoms with Crippen LogP contribution < -0.4 is 22.3 Å². The lowest BCUT2D eigenvalue weighted by molar-refractivity contribution is 0.944. The molecule has 59 heavy (non-hydrogen) atoms. The molecule has 306 valence electrons. The van der Waals surface area contributed by atoms with Crippen LogP contribution in [0.3, 0.4) is 0 Å². The van der Waals surface area contributed by atoms with Gasteiger partial charge in [-0.15, -0.1) is 0 Å². The lowest BCUT2D eigenvalue weighted by Gasteiger charge is -2.20. The highest BCUT2D eigenvalue weighted by Gasteiger charge is 2.17. The highest BCUT2D eigenvalue weighted by Crippen LogP contribution is 2.44. The van der Waals surface area contributed by atoms with Crippen molar-refractivity contribution in [2.75, 3.05) is 4.90 Å². The van der Waals surface area contributed by atoms with Crippen LogP contribution in [0, 0.1) is 13.8 Å². The Morgan fingerprint density at radius 3 is 1.81 bits per heavy atom. The first-order valence-electron chi connectivity index (χ1n) is 20.2. The second kappa shape index (κ2) is 28.3. The van der Waals surface area contributed by atoms with Crippen molar-refractivity contribution in [1.29, 1.82) is 0 Å². The fourth-order valence-electron chi connectivity index (χ4n) is 5.61. The summed E-state index contributed by atoms with van der Waals surface area (Å²) < 4.78 is 0. The van der Waals surface area contributed by atoms with E-state index in [1.165, 1.54) is 26.5 Å². The van der Waals surface area contributed by atoms with Crippen LogP contribution in [0.1, 0.15) is 68.4 Å². The van der Waals surface area contributed by atoms with Crippen LogP contribution in [0.15, 0.2) is 224 Å². The summed E-state index contributed by atoms with van der Waals surface area (Å²) in [6.45, 7) is 25.2. The van der Waals surface area contributed by atoms with Crippen LogP contribution in [0.4, 0.5) is 5.69 Å². The average Bonchev–Trinajstić information content (AvgIpc) is 3.30. The van der Waals surface area contributed by atoms with E-state index in [0.717, 1.165) is 57.6 Å². The zero-order chi connectivity index (χ0) is 43.4. The highest BCUT2D eigenvalue weighted by atomic mass is 32.2. The van der Waals surface area contributed by atoms with Gasteiger partial charge >= 0.3 is 0 Å². The minimum absolute atomic E-state index is 0.870. The number of fused-ring (bicyclic) bond motifs is 1. The normalized spacial score (nSPS) is 17.9. The second-order valence-corrected chi connectivity index (χ2v) is 13.9. The van der Waals surface area contributed by atoms with Crippen molar-refractivity contribution >= 4 is 33.5 Å². The van der Waals surface area contributed by atoms with Crippen LogP contribution in [-0.2, 0) is 0 Å². The minimum Gasteiger partial charge on any atom is -0.402 e. The summed E-state index contributed by atoms with van der Waals surface area (Å²) in [4.78, 5) is 4.49. The molecule has 0 fully saturated rings. The maximum absolute atomic E-state index is 5.44. The highest BCUT2D eigenvalue weighted by molar-refractivity contribution is 8.08. The van der Waals surface area contributed by atoms with Gasteiger partial charge in [0.1, 0.15) is 0 Å². The lowest BCUT2D eigenvalue weighted by atomic mass is 9.96. The fourth-order valence-corrected chi connectivity index (χ4v) is 6.84. The van der Waals surface area contributed by atoms with Crippen LogP contribution in [0.25, 0.3) is 16.1 Å². The quantitative estimate of drug-likeness (QED) is 0.142. The summed E-state index contributed by atoms with van der Waals surface area (Å²) >= 11 is 1.78. The predicted molar refractivity (Wildman–Crippen MR) is 265 cm³/mol. The first kappa shape index (κ1) is 49.0. The van der Waals surface area contributed by atoms with E-state index in [2.05, 4.69) is 178 Å². The van der Waals surface area contributed by atoms with Gasteiger partial charge in [0.2, 0.25) is 0 Å². The molecule has 4 aromatic carbocycles. The van der Waals surface area contributed by atoms with Gasteiger partial charge in [0.25, 0.3) is 0 Å². The topological polar surface area (TPSA) is 81.3 Å². The Morgan fingerprint density at radius 2 is 1.22 bits per heavy atom. The molecule has 2 heterocycles. The third kappa shape index (κ3) is 16.7. The molecule has 0 radical (unpaired) electrons. The zero-order valence-electron chi connectivity index (χ0n) is 35.9. The van der Waals surface area contributed by atoms with E-state index >= 15 is 0 Å². The predicted octanol–water partition coefficient (Wildman–Crippen LogP) is 14.4. The Bertz CT molecular complexity index is 2180. The molecule has 6 N–H and O–H groups in total. The Hall–Kier alpha value is -6.11. The van der Waals surface area contributed by atoms with E-state index in [-0.39, 0.29) is 0 Å². The molecule has 5 heteroatoms. The Morgan fingerprint density at radius 1 is 0.593 bits per heavy atom. The molecule has 2 aliphatic heterocycles. The molecule has 0 saturated heterocycles. The summed E-state index contributed by atoms with van der Waals surface area (Å²) in [5.74, 6) is 8.00. The Balaban J connectivity index is 0.000000494. The van der Waals surface area contributed by atoms with Crippen LogP contribution in [-0.4, -0.2) is 0 Å². The van der Waals surface area contributed by atoms with Gasteiger partial charge in [0, 0.05) is 33.6 Å². The number of anilines is 1. The number of allylic oxidation sites excluding steroid dienone is 16. The molecule has 0 unspecified atom stereocenters. The molecule has 4 aromatic rings. The maximum atomic E-state index is 5.44. The molecule has 1 aliphatic carbocycles. The van der Waals surface area contributed by atoms with Crippen LogP contribution >= 0.6 is 11.8 Å². The van der Waals surface area contributed by atoms with Crippen LogP contribution in [0.2, 0.25) is 0 Å². The van der Waals surface area contributed by atoms with Crippen molar-refractivity contribution < 1.29 is 0 Å². The third-order valence-electron chi connectivity index (χ3n) is 8.59. The molecule has 4 nitrogen and oxygen atoms in total. The summed E-state index contributed by atoms with van der Waals surface area (Å²) in [5, 5.41) is 0. The first-order valence-corrected chi connectivity index (χ1v) is 21.0. The molecule has 3 aliphatic rings. The monoisotopic (exact) mass is 800 g/mol. The molecular formula is C54H64N4S. The van der Waals surface area contributed by atoms with Gasteiger partial charge in [-0.2, -0.15) is 0 Å². The number of thioether (sulfide) groups is 1. The van der Waals surface area contributed by atoms with Crippen molar-refractivity contribution in [2.45, 2.75) is 59.3 Å². The number of aryl methyl sites for hydroxylation is 2. The number of hydrogen-bond donors (Lipinski definition) is 3. The molecule has 0 amide bonds. The summed E-state index contributed by atoms with van der Waals surface area (Å²) in [6.07, 6.45) is 29.1. The maximum Gasteiger partial charge on any atom is 0.0451 e. The third-order valence-corrected chi connectivity index (χ3v) is 9.82. The zero-order valence-corrected chi connectivity index (χ0v) is 36.8. The second-order valence-electron chi connectivity index (χ2n) is 12.8. The summed E-state index contributed by atoms with van der Waals surface area (Å²) in [5.41, 5.74) is 17.3. The van der Waals surface area contributed by atoms with Gasteiger partial charge in [0.05, 0.1) is 0 Å². The van der Waals surface area contributed by atoms with Gasteiger partial charge in [-0.25, -0.2) is 0 Å². The number of hydrazine groups is 1. The standard InChI is InChI=1S/C37H31NS.C7H8.C6H9N.2C2H6.H4N2/c1-27-13-10-18-33(25-27)38-23-9-8-14-28(2)30(4)26-32(22-24-38)35-20-12-19-34-29(3)15-11-21-36(39-37(34)35)31-16-6-5-7-17-31;1-7-5-3-2-4-6-7;7-6-4-2-1-3-5-6;3*1-2/h5-26H,2-4H2,1H3;2-6H,1H3;1-2,4H,3,5,7H2;2*1-2H3;1-2H2/b14-8-,15-11-,23-9-,24-22-,32-26+,36-21-;;;;;. The number of benzene rings is 4. The smallest absolute Gasteiger partial charge is 0.0451 e. The number of nitrogens with two attached hydrogens (primary N) is 3. The fraction of sp³-hybridized carbons (Fsp3) is 0.148. The van der Waals surface area contributed by atoms with E-state index < -0.39 is 0 Å². The summed E-state index contributed by atoms with van der Waals surface area (Å²) in [7, 11) is 0. The van der Waals surface area contributed by atoms with Gasteiger partial charge in [0.15, 0.2) is 0 Å². The van der Waals surface area contributed by atoms with E-state index in [1.54, 1.807) is 11.8 Å². The molecule has 0 aromatic heterocycles. The van der Waals surface area contributed by atoms with Crippen molar-refractivity contribution in [1.82, 2.24) is 0 Å². The summed E-state index contributed by atoms with van der Waals surface area (Å²) in [6, 6.07) is 35.7. The van der Waals surface area contributed by atoms with Crippen molar-refractivity contribution in [3.8, 4) is 0 Å². The van der Waals surface area contributed by atoms with E-state index in [0.29, 0.717) is 0 Å². The van der Waals surface area contributed by atoms with Gasteiger partial charge < -0.3 is 10.6 Å². The minimum atomic E-state index is 0.870. The number of hydrogen-bond acceptors (Lipinski definition) is 5. The molecular weight excluding hydrogens is 737 g/mol. The molecule has 0 atom stereocenters. The van der Waals surface area contributed by atoms with Crippen molar-refractivity contribution in [3.63, 3.8) is 0 Å².